The van der Waals surface area contributed by atoms with Crippen molar-refractivity contribution in [3.8, 4) is 5.75 Å². The number of amides is 2. The smallest absolute Gasteiger partial charge is 0.310 e. The first-order valence-corrected chi connectivity index (χ1v) is 8.24. The van der Waals surface area contributed by atoms with Crippen LogP contribution in [0, 0.1) is 0 Å². The first-order chi connectivity index (χ1) is 12.0. The van der Waals surface area contributed by atoms with Gasteiger partial charge in [-0.15, -0.1) is 0 Å². The number of hydrogen-bond donors (Lipinski definition) is 1. The maximum Gasteiger partial charge on any atom is 0.310 e. The molecule has 0 radical (unpaired) electrons. The van der Waals surface area contributed by atoms with Gasteiger partial charge >= 0.3 is 5.97 Å². The highest BCUT2D eigenvalue weighted by Gasteiger charge is 2.29. The van der Waals surface area contributed by atoms with Crippen LogP contribution >= 0.6 is 15.9 Å². The predicted molar refractivity (Wildman–Crippen MR) is 92.4 cm³/mol. The third-order valence-corrected chi connectivity index (χ3v) is 4.32. The maximum atomic E-state index is 12.2. The van der Waals surface area contributed by atoms with Crippen molar-refractivity contribution in [3.05, 3.63) is 63.1 Å². The van der Waals surface area contributed by atoms with Crippen molar-refractivity contribution in [1.82, 2.24) is 5.32 Å². The highest BCUT2D eigenvalue weighted by molar-refractivity contribution is 9.10. The Bertz CT molecular complexity index is 878. The average Bonchev–Trinajstić information content (AvgIpc) is 2.89. The first-order valence-electron chi connectivity index (χ1n) is 7.45. The molecule has 0 saturated carbocycles. The molecule has 2 aromatic carbocycles. The van der Waals surface area contributed by atoms with Crippen LogP contribution in [0.15, 0.2) is 40.9 Å². The lowest BCUT2D eigenvalue weighted by Crippen LogP contribution is -2.20. The van der Waals surface area contributed by atoms with Gasteiger partial charge in [-0.3, -0.25) is 19.7 Å². The van der Waals surface area contributed by atoms with Gasteiger partial charge in [0.05, 0.1) is 24.7 Å². The van der Waals surface area contributed by atoms with Gasteiger partial charge < -0.3 is 9.47 Å². The van der Waals surface area contributed by atoms with Crippen molar-refractivity contribution >= 4 is 33.7 Å². The van der Waals surface area contributed by atoms with Gasteiger partial charge in [0, 0.05) is 10.0 Å². The Balaban J connectivity index is 1.71. The Morgan fingerprint density at radius 2 is 1.92 bits per heavy atom. The van der Waals surface area contributed by atoms with Crippen LogP contribution < -0.4 is 10.1 Å². The molecule has 0 aliphatic carbocycles. The van der Waals surface area contributed by atoms with Gasteiger partial charge in [-0.25, -0.2) is 0 Å². The van der Waals surface area contributed by atoms with Gasteiger partial charge in [0.1, 0.15) is 12.4 Å². The molecule has 0 atom stereocenters. The van der Waals surface area contributed by atoms with Crippen LogP contribution in [0.3, 0.4) is 0 Å². The van der Waals surface area contributed by atoms with Crippen LogP contribution in [0.25, 0.3) is 0 Å². The molecule has 1 aliphatic rings. The van der Waals surface area contributed by atoms with Crippen molar-refractivity contribution < 1.29 is 23.9 Å². The summed E-state index contributed by atoms with van der Waals surface area (Å²) >= 11 is 3.35. The first kappa shape index (κ1) is 17.2. The molecular weight excluding hydrogens is 390 g/mol. The maximum absolute atomic E-state index is 12.2. The Labute approximate surface area is 152 Å². The van der Waals surface area contributed by atoms with Crippen LogP contribution in [0.1, 0.15) is 31.8 Å². The summed E-state index contributed by atoms with van der Waals surface area (Å²) in [4.78, 5) is 35.7. The molecule has 1 aliphatic heterocycles. The lowest BCUT2D eigenvalue weighted by atomic mass is 10.0. The lowest BCUT2D eigenvalue weighted by Gasteiger charge is -2.10. The van der Waals surface area contributed by atoms with Crippen molar-refractivity contribution in [2.75, 3.05) is 7.11 Å². The van der Waals surface area contributed by atoms with E-state index in [4.69, 9.17) is 9.47 Å². The highest BCUT2D eigenvalue weighted by Crippen LogP contribution is 2.25. The summed E-state index contributed by atoms with van der Waals surface area (Å²) in [6.07, 6.45) is -0.0945. The van der Waals surface area contributed by atoms with E-state index in [9.17, 15) is 14.4 Å². The van der Waals surface area contributed by atoms with E-state index < -0.39 is 17.8 Å². The summed E-state index contributed by atoms with van der Waals surface area (Å²) < 4.78 is 11.4. The van der Waals surface area contributed by atoms with E-state index in [-0.39, 0.29) is 24.2 Å². The van der Waals surface area contributed by atoms with Crippen LogP contribution in [0.4, 0.5) is 0 Å². The number of ether oxygens (including phenoxy) is 2. The van der Waals surface area contributed by atoms with Crippen molar-refractivity contribution in [2.45, 2.75) is 13.0 Å². The van der Waals surface area contributed by atoms with E-state index in [0.717, 1.165) is 10.0 Å². The van der Waals surface area contributed by atoms with Crippen LogP contribution in [-0.2, 0) is 22.6 Å². The number of imide groups is 1. The summed E-state index contributed by atoms with van der Waals surface area (Å²) in [5, 5.41) is 2.22. The average molecular weight is 404 g/mol. The SMILES string of the molecule is COc1cc(Br)ccc1COC(=O)Cc1cccc2c1C(=O)NC2=O. The number of fused-ring (bicyclic) bond motifs is 1. The molecule has 3 rings (SSSR count). The zero-order valence-electron chi connectivity index (χ0n) is 13.3. The van der Waals surface area contributed by atoms with E-state index in [1.54, 1.807) is 30.3 Å². The summed E-state index contributed by atoms with van der Waals surface area (Å²) in [6, 6.07) is 10.2. The Hall–Kier alpha value is -2.67. The van der Waals surface area contributed by atoms with E-state index >= 15 is 0 Å². The highest BCUT2D eigenvalue weighted by atomic mass is 79.9. The summed E-state index contributed by atoms with van der Waals surface area (Å²) in [5.74, 6) is -0.828. The third kappa shape index (κ3) is 3.56. The van der Waals surface area contributed by atoms with Gasteiger partial charge in [-0.2, -0.15) is 0 Å². The number of halogens is 1. The minimum Gasteiger partial charge on any atom is -0.496 e. The topological polar surface area (TPSA) is 81.7 Å². The fourth-order valence-electron chi connectivity index (χ4n) is 2.64. The minimum absolute atomic E-state index is 0.0510. The van der Waals surface area contributed by atoms with Gasteiger partial charge in [0.25, 0.3) is 11.8 Å². The number of benzene rings is 2. The third-order valence-electron chi connectivity index (χ3n) is 3.82. The molecule has 0 spiro atoms. The summed E-state index contributed by atoms with van der Waals surface area (Å²) in [5.41, 5.74) is 1.72. The number of nitrogens with one attached hydrogen (secondary N) is 1. The number of rotatable bonds is 5. The molecule has 25 heavy (non-hydrogen) atoms. The molecule has 0 bridgehead atoms. The number of carbonyl (C=O) groups is 3. The predicted octanol–water partition coefficient (Wildman–Crippen LogP) is 2.63. The molecule has 2 amide bonds. The standard InChI is InChI=1S/C18H14BrNO5/c1-24-14-8-12(19)6-5-11(14)9-25-15(21)7-10-3-2-4-13-16(10)18(23)20-17(13)22/h2-6,8H,7,9H2,1H3,(H,20,22,23). The van der Waals surface area contributed by atoms with Crippen molar-refractivity contribution in [1.29, 1.82) is 0 Å². The normalized spacial score (nSPS) is 12.6. The Kier molecular flexibility index (Phi) is 4.85. The molecule has 7 heteroatoms. The molecule has 0 unspecified atom stereocenters. The van der Waals surface area contributed by atoms with Crippen LogP contribution in [0.5, 0.6) is 5.75 Å². The molecule has 2 aromatic rings. The molecule has 0 fully saturated rings. The molecule has 1 N–H and O–H groups in total. The molecule has 128 valence electrons. The molecular formula is C18H14BrNO5. The van der Waals surface area contributed by atoms with E-state index in [1.807, 2.05) is 6.07 Å². The fraction of sp³-hybridized carbons (Fsp3) is 0.167. The van der Waals surface area contributed by atoms with Gasteiger partial charge in [-0.05, 0) is 23.8 Å². The van der Waals surface area contributed by atoms with Gasteiger partial charge in [-0.1, -0.05) is 34.1 Å². The van der Waals surface area contributed by atoms with Crippen molar-refractivity contribution in [3.63, 3.8) is 0 Å². The zero-order chi connectivity index (χ0) is 18.0. The number of hydrogen-bond acceptors (Lipinski definition) is 5. The number of esters is 1. The minimum atomic E-state index is -0.495. The molecule has 0 saturated heterocycles. The largest absolute Gasteiger partial charge is 0.496 e. The summed E-state index contributed by atoms with van der Waals surface area (Å²) in [7, 11) is 1.54. The monoisotopic (exact) mass is 403 g/mol. The van der Waals surface area contributed by atoms with E-state index in [1.165, 1.54) is 7.11 Å². The second-order valence-corrected chi connectivity index (χ2v) is 6.33. The van der Waals surface area contributed by atoms with Crippen LogP contribution in [-0.4, -0.2) is 24.9 Å². The van der Waals surface area contributed by atoms with E-state index in [0.29, 0.717) is 11.3 Å². The second kappa shape index (κ2) is 7.06. The molecule has 1 heterocycles. The van der Waals surface area contributed by atoms with Crippen molar-refractivity contribution in [2.24, 2.45) is 0 Å². The van der Waals surface area contributed by atoms with Gasteiger partial charge in [0.15, 0.2) is 0 Å². The summed E-state index contributed by atoms with van der Waals surface area (Å²) in [6.45, 7) is 0.0510. The quantitative estimate of drug-likeness (QED) is 0.612. The number of methoxy groups -OCH3 is 1. The number of carbonyl (C=O) groups excluding carboxylic acids is 3. The Morgan fingerprint density at radius 1 is 1.12 bits per heavy atom. The second-order valence-electron chi connectivity index (χ2n) is 5.42. The fourth-order valence-corrected chi connectivity index (χ4v) is 2.98. The van der Waals surface area contributed by atoms with Crippen LogP contribution in [0.2, 0.25) is 0 Å². The molecule has 6 nitrogen and oxygen atoms in total. The lowest BCUT2D eigenvalue weighted by molar-refractivity contribution is -0.144. The van der Waals surface area contributed by atoms with Gasteiger partial charge in [0.2, 0.25) is 0 Å². The van der Waals surface area contributed by atoms with E-state index in [2.05, 4.69) is 21.2 Å². The molecule has 0 aromatic heterocycles. The zero-order valence-corrected chi connectivity index (χ0v) is 14.9. The Morgan fingerprint density at radius 3 is 2.68 bits per heavy atom.